The number of nitrogens with zero attached hydrogens (tertiary/aromatic N) is 1. The molecule has 2 heteroatoms. The molecule has 0 atom stereocenters. The third-order valence-electron chi connectivity index (χ3n) is 6.38. The standard InChI is InChI=1S/C25H25NS/c1-24(2)13-14-25(3,4)21-18(24)11-10-17-20-19(27-23(17)21)12-15-26-22(20)16-8-6-5-7-9-16/h5-12,15H,13-14H2,1-4H3. The van der Waals surface area contributed by atoms with Crippen LogP contribution < -0.4 is 0 Å². The van der Waals surface area contributed by atoms with Gasteiger partial charge in [0.15, 0.2) is 0 Å². The third-order valence-corrected chi connectivity index (χ3v) is 7.57. The lowest BCUT2D eigenvalue weighted by Gasteiger charge is -2.42. The molecule has 5 rings (SSSR count). The van der Waals surface area contributed by atoms with Gasteiger partial charge in [0.2, 0.25) is 0 Å². The first kappa shape index (κ1) is 16.9. The van der Waals surface area contributed by atoms with E-state index in [0.717, 1.165) is 5.69 Å². The van der Waals surface area contributed by atoms with Gasteiger partial charge in [-0.3, -0.25) is 4.98 Å². The van der Waals surface area contributed by atoms with Gasteiger partial charge in [0.05, 0.1) is 5.69 Å². The highest BCUT2D eigenvalue weighted by Crippen LogP contribution is 2.51. The highest BCUT2D eigenvalue weighted by molar-refractivity contribution is 7.26. The van der Waals surface area contributed by atoms with Crippen LogP contribution in [0.5, 0.6) is 0 Å². The highest BCUT2D eigenvalue weighted by Gasteiger charge is 2.38. The Kier molecular flexibility index (Phi) is 3.55. The minimum Gasteiger partial charge on any atom is -0.256 e. The molecule has 1 nitrogen and oxygen atoms in total. The smallest absolute Gasteiger partial charge is 0.0795 e. The van der Waals surface area contributed by atoms with Crippen molar-refractivity contribution in [2.45, 2.75) is 51.4 Å². The molecule has 1 aliphatic rings. The van der Waals surface area contributed by atoms with Gasteiger partial charge in [-0.1, -0.05) is 70.2 Å². The average Bonchev–Trinajstić information content (AvgIpc) is 3.04. The summed E-state index contributed by atoms with van der Waals surface area (Å²) in [6.07, 6.45) is 4.45. The summed E-state index contributed by atoms with van der Waals surface area (Å²) in [5, 5.41) is 2.68. The molecule has 0 radical (unpaired) electrons. The van der Waals surface area contributed by atoms with Crippen molar-refractivity contribution in [2.24, 2.45) is 0 Å². The maximum Gasteiger partial charge on any atom is 0.0795 e. The van der Waals surface area contributed by atoms with Crippen molar-refractivity contribution >= 4 is 31.5 Å². The van der Waals surface area contributed by atoms with Gasteiger partial charge >= 0.3 is 0 Å². The molecule has 0 N–H and O–H groups in total. The minimum absolute atomic E-state index is 0.214. The largest absolute Gasteiger partial charge is 0.256 e. The molecule has 4 aromatic rings. The van der Waals surface area contributed by atoms with Crippen LogP contribution in [0.4, 0.5) is 0 Å². The monoisotopic (exact) mass is 371 g/mol. The molecular weight excluding hydrogens is 346 g/mol. The Hall–Kier alpha value is -2.19. The highest BCUT2D eigenvalue weighted by atomic mass is 32.1. The van der Waals surface area contributed by atoms with E-state index < -0.39 is 0 Å². The second-order valence-electron chi connectivity index (χ2n) is 9.13. The number of rotatable bonds is 1. The van der Waals surface area contributed by atoms with Crippen molar-refractivity contribution in [3.8, 4) is 11.3 Å². The maximum atomic E-state index is 4.78. The van der Waals surface area contributed by atoms with E-state index in [1.165, 1.54) is 44.1 Å². The van der Waals surface area contributed by atoms with Crippen LogP contribution >= 0.6 is 11.3 Å². The summed E-state index contributed by atoms with van der Waals surface area (Å²) >= 11 is 1.95. The number of thiophene rings is 1. The fourth-order valence-electron chi connectivity index (χ4n) is 4.72. The second-order valence-corrected chi connectivity index (χ2v) is 10.2. The molecule has 2 heterocycles. The molecule has 0 aliphatic heterocycles. The lowest BCUT2D eigenvalue weighted by atomic mass is 9.63. The SMILES string of the molecule is CC1(C)CCC(C)(C)c2c1ccc1c2sc2ccnc(-c3ccccc3)c21. The first-order valence-corrected chi connectivity index (χ1v) is 10.6. The number of hydrogen-bond donors (Lipinski definition) is 0. The lowest BCUT2D eigenvalue weighted by Crippen LogP contribution is -2.33. The molecule has 0 saturated heterocycles. The molecular formula is C25H25NS. The van der Waals surface area contributed by atoms with Crippen LogP contribution in [0.1, 0.15) is 51.7 Å². The van der Waals surface area contributed by atoms with E-state index >= 15 is 0 Å². The van der Waals surface area contributed by atoms with Crippen molar-refractivity contribution < 1.29 is 0 Å². The fourth-order valence-corrected chi connectivity index (χ4v) is 6.15. The molecule has 1 aliphatic carbocycles. The zero-order valence-corrected chi connectivity index (χ0v) is 17.3. The molecule has 0 spiro atoms. The third kappa shape index (κ3) is 2.46. The Morgan fingerprint density at radius 1 is 0.852 bits per heavy atom. The number of benzene rings is 2. The first-order chi connectivity index (χ1) is 12.9. The van der Waals surface area contributed by atoms with Crippen LogP contribution in [-0.2, 0) is 10.8 Å². The molecule has 2 aromatic carbocycles. The van der Waals surface area contributed by atoms with E-state index in [2.05, 4.69) is 76.2 Å². The topological polar surface area (TPSA) is 12.9 Å². The lowest BCUT2D eigenvalue weighted by molar-refractivity contribution is 0.335. The van der Waals surface area contributed by atoms with E-state index in [1.54, 1.807) is 5.56 Å². The van der Waals surface area contributed by atoms with Crippen molar-refractivity contribution in [3.63, 3.8) is 0 Å². The van der Waals surface area contributed by atoms with Crippen molar-refractivity contribution in [1.82, 2.24) is 4.98 Å². The molecule has 2 aromatic heterocycles. The van der Waals surface area contributed by atoms with Crippen LogP contribution in [0.25, 0.3) is 31.4 Å². The van der Waals surface area contributed by atoms with Gasteiger partial charge in [0.25, 0.3) is 0 Å². The van der Waals surface area contributed by atoms with Gasteiger partial charge in [-0.2, -0.15) is 0 Å². The van der Waals surface area contributed by atoms with Gasteiger partial charge in [0.1, 0.15) is 0 Å². The van der Waals surface area contributed by atoms with Gasteiger partial charge < -0.3 is 0 Å². The van der Waals surface area contributed by atoms with Gasteiger partial charge in [-0.25, -0.2) is 0 Å². The summed E-state index contributed by atoms with van der Waals surface area (Å²) in [5.74, 6) is 0. The van der Waals surface area contributed by atoms with Crippen LogP contribution in [0.2, 0.25) is 0 Å². The van der Waals surface area contributed by atoms with Gasteiger partial charge in [-0.15, -0.1) is 11.3 Å². The maximum absolute atomic E-state index is 4.78. The Morgan fingerprint density at radius 3 is 2.37 bits per heavy atom. The van der Waals surface area contributed by atoms with E-state index in [9.17, 15) is 0 Å². The quantitative estimate of drug-likeness (QED) is 0.338. The predicted molar refractivity (Wildman–Crippen MR) is 118 cm³/mol. The number of pyridine rings is 1. The first-order valence-electron chi connectivity index (χ1n) is 9.79. The van der Waals surface area contributed by atoms with Crippen LogP contribution in [0, 0.1) is 0 Å². The molecule has 0 unspecified atom stereocenters. The Labute approximate surface area is 165 Å². The summed E-state index contributed by atoms with van der Waals surface area (Å²) in [4.78, 5) is 4.78. The van der Waals surface area contributed by atoms with Crippen LogP contribution in [0.15, 0.2) is 54.7 Å². The van der Waals surface area contributed by atoms with E-state index in [0.29, 0.717) is 0 Å². The van der Waals surface area contributed by atoms with Crippen molar-refractivity contribution in [2.75, 3.05) is 0 Å². The van der Waals surface area contributed by atoms with Gasteiger partial charge in [0, 0.05) is 31.9 Å². The molecule has 0 bridgehead atoms. The van der Waals surface area contributed by atoms with Crippen LogP contribution in [0.3, 0.4) is 0 Å². The van der Waals surface area contributed by atoms with Crippen molar-refractivity contribution in [1.29, 1.82) is 0 Å². The van der Waals surface area contributed by atoms with E-state index in [4.69, 9.17) is 4.98 Å². The summed E-state index contributed by atoms with van der Waals surface area (Å²) in [7, 11) is 0. The van der Waals surface area contributed by atoms with Crippen molar-refractivity contribution in [3.05, 3.63) is 65.9 Å². The molecule has 0 saturated carbocycles. The van der Waals surface area contributed by atoms with E-state index in [1.807, 2.05) is 17.5 Å². The fraction of sp³-hybridized carbons (Fsp3) is 0.320. The molecule has 27 heavy (non-hydrogen) atoms. The molecule has 136 valence electrons. The average molecular weight is 372 g/mol. The second kappa shape index (κ2) is 5.65. The Morgan fingerprint density at radius 2 is 1.59 bits per heavy atom. The summed E-state index contributed by atoms with van der Waals surface area (Å²) in [6, 6.07) is 17.5. The zero-order chi connectivity index (χ0) is 18.8. The van der Waals surface area contributed by atoms with Gasteiger partial charge in [-0.05, 0) is 40.9 Å². The minimum atomic E-state index is 0.214. The summed E-state index contributed by atoms with van der Waals surface area (Å²) in [6.45, 7) is 9.64. The summed E-state index contributed by atoms with van der Waals surface area (Å²) in [5.41, 5.74) is 5.86. The Bertz CT molecular complexity index is 1170. The molecule has 0 fully saturated rings. The van der Waals surface area contributed by atoms with Crippen LogP contribution in [-0.4, -0.2) is 4.98 Å². The Balaban J connectivity index is 1.91. The molecule has 0 amide bonds. The normalized spacial score (nSPS) is 17.9. The zero-order valence-electron chi connectivity index (χ0n) is 16.5. The van der Waals surface area contributed by atoms with E-state index in [-0.39, 0.29) is 10.8 Å². The number of hydrogen-bond acceptors (Lipinski definition) is 2. The number of fused-ring (bicyclic) bond motifs is 5. The summed E-state index contributed by atoms with van der Waals surface area (Å²) < 4.78 is 2.80. The predicted octanol–water partition coefficient (Wildman–Crippen LogP) is 7.47. The number of aromatic nitrogens is 1.